The first-order chi connectivity index (χ1) is 40.2. The summed E-state index contributed by atoms with van der Waals surface area (Å²) in [5, 5.41) is 23.2. The monoisotopic (exact) mass is 1200 g/mol. The summed E-state index contributed by atoms with van der Waals surface area (Å²) >= 11 is 0. The smallest absolute Gasteiger partial charge is 0.246 e. The number of nitrogens with one attached hydrogen (secondary N) is 8. The van der Waals surface area contributed by atoms with E-state index >= 15 is 9.59 Å². The third-order valence-electron chi connectivity index (χ3n) is 15.9. The standard InChI is InChI=1S/C64H100N12O10/c1-61(2,3)37-45-53(79)69-43(35-39-23-15-13-16-24-39)59(85)75-33-21-29-47(75)55(81)74-50(64(10,11)12)58(84)68-42(28-20-32-66)52(78)72-46(38-62(4,5)6)54(80)70-44(36-40-25-17-14-18-26-40)60(86)76-34-22-30-48(76)56(82)73-49(63(7,8)9)57(83)67-41(27-19-31-65)51(77)71-45/h13-18,23-26,41-50H,19-22,27-38,65-66H2,1-12H3,(H,67,83)(H,68,84)(H,69,79)(H,70,80)(H,71,77)(H,72,78)(H,73,82)(H,74,81)/t41-,42-,43+,44+,45-,46-,47-,48-,49+,50+/m0/s1. The van der Waals surface area contributed by atoms with E-state index in [0.29, 0.717) is 36.8 Å². The molecule has 3 aliphatic rings. The highest BCUT2D eigenvalue weighted by Crippen LogP contribution is 2.28. The SMILES string of the molecule is CC(C)(C)C[C@@H]1NC(=O)[C@H](CCCN)NC(=O)[C@H](C(C)(C)C)NC(=O)[C@@H]2CCCN2C(=O)[C@@H](Cc2ccccc2)NC(=O)[C@H](CC(C)(C)C)NC(=O)[C@H](CCCN)NC(=O)[C@H](C(C)(C)C)NC(=O)[C@@H]2CCCN2C(=O)[C@@H](Cc2ccccc2)NC1=O. The number of benzene rings is 2. The van der Waals surface area contributed by atoms with E-state index in [4.69, 9.17) is 11.5 Å². The van der Waals surface area contributed by atoms with Crippen molar-refractivity contribution in [3.05, 3.63) is 71.8 Å². The second kappa shape index (κ2) is 30.6. The van der Waals surface area contributed by atoms with Crippen LogP contribution in [0.4, 0.5) is 0 Å². The van der Waals surface area contributed by atoms with Gasteiger partial charge in [0.25, 0.3) is 0 Å². The molecule has 12 N–H and O–H groups in total. The molecule has 22 heteroatoms. The van der Waals surface area contributed by atoms with E-state index in [1.807, 2.05) is 53.7 Å². The third kappa shape index (κ3) is 20.6. The van der Waals surface area contributed by atoms with Gasteiger partial charge in [-0.25, -0.2) is 0 Å². The molecule has 3 heterocycles. The van der Waals surface area contributed by atoms with Crippen LogP contribution in [0.5, 0.6) is 0 Å². The highest BCUT2D eigenvalue weighted by Gasteiger charge is 2.45. The second-order valence-corrected chi connectivity index (χ2v) is 28.1. The first-order valence-corrected chi connectivity index (χ1v) is 30.7. The van der Waals surface area contributed by atoms with Gasteiger partial charge < -0.3 is 63.8 Å². The molecule has 0 spiro atoms. The summed E-state index contributed by atoms with van der Waals surface area (Å²) in [6, 6.07) is 5.94. The molecule has 10 atom stereocenters. The van der Waals surface area contributed by atoms with Crippen molar-refractivity contribution in [3.8, 4) is 0 Å². The Hall–Kier alpha value is -6.94. The van der Waals surface area contributed by atoms with Gasteiger partial charge in [0.15, 0.2) is 0 Å². The number of rotatable bonds is 12. The fourth-order valence-electron chi connectivity index (χ4n) is 11.4. The average molecular weight is 1200 g/mol. The van der Waals surface area contributed by atoms with Gasteiger partial charge in [-0.3, -0.25) is 47.9 Å². The second-order valence-electron chi connectivity index (χ2n) is 28.1. The maximum absolute atomic E-state index is 15.1. The molecule has 3 aliphatic heterocycles. The zero-order chi connectivity index (χ0) is 63.9. The molecule has 0 bridgehead atoms. The number of hydrogen-bond acceptors (Lipinski definition) is 12. The first-order valence-electron chi connectivity index (χ1n) is 30.7. The van der Waals surface area contributed by atoms with Gasteiger partial charge in [-0.15, -0.1) is 0 Å². The predicted molar refractivity (Wildman–Crippen MR) is 329 cm³/mol. The fourth-order valence-corrected chi connectivity index (χ4v) is 11.4. The molecule has 3 fully saturated rings. The number of amides is 10. The van der Waals surface area contributed by atoms with Crippen molar-refractivity contribution in [2.45, 2.75) is 221 Å². The van der Waals surface area contributed by atoms with E-state index in [2.05, 4.69) is 42.5 Å². The van der Waals surface area contributed by atoms with Gasteiger partial charge in [-0.2, -0.15) is 0 Å². The first kappa shape index (κ1) is 69.8. The van der Waals surface area contributed by atoms with Gasteiger partial charge in [0.05, 0.1) is 0 Å². The van der Waals surface area contributed by atoms with Gasteiger partial charge >= 0.3 is 0 Å². The minimum atomic E-state index is -1.25. The van der Waals surface area contributed by atoms with Crippen LogP contribution < -0.4 is 54.0 Å². The Morgan fingerprint density at radius 1 is 0.395 bits per heavy atom. The Balaban J connectivity index is 1.64. The molecule has 3 saturated heterocycles. The number of nitrogens with two attached hydrogens (primary N) is 2. The van der Waals surface area contributed by atoms with E-state index < -0.39 is 141 Å². The average Bonchev–Trinajstić information content (AvgIpc) is 2.24. The molecule has 0 aliphatic carbocycles. The lowest BCUT2D eigenvalue weighted by molar-refractivity contribution is -0.143. The summed E-state index contributed by atoms with van der Waals surface area (Å²) in [7, 11) is 0. The van der Waals surface area contributed by atoms with Crippen LogP contribution in [-0.2, 0) is 60.8 Å². The zero-order valence-corrected chi connectivity index (χ0v) is 53.0. The number of carbonyl (C=O) groups excluding carboxylic acids is 10. The van der Waals surface area contributed by atoms with Crippen molar-refractivity contribution in [1.29, 1.82) is 0 Å². The summed E-state index contributed by atoms with van der Waals surface area (Å²) in [6.07, 6.45) is 2.22. The van der Waals surface area contributed by atoms with Crippen LogP contribution in [0, 0.1) is 21.7 Å². The normalized spacial score (nSPS) is 26.4. The van der Waals surface area contributed by atoms with Gasteiger partial charge in [0.1, 0.15) is 60.4 Å². The molecular weight excluding hydrogens is 1100 g/mol. The highest BCUT2D eigenvalue weighted by molar-refractivity contribution is 6.00. The van der Waals surface area contributed by atoms with Gasteiger partial charge in [0, 0.05) is 25.9 Å². The Morgan fingerprint density at radius 2 is 0.698 bits per heavy atom. The van der Waals surface area contributed by atoms with E-state index in [-0.39, 0.29) is 77.5 Å². The number of fused-ring (bicyclic) bond motifs is 2. The van der Waals surface area contributed by atoms with Gasteiger partial charge in [0.2, 0.25) is 59.1 Å². The van der Waals surface area contributed by atoms with Crippen molar-refractivity contribution < 1.29 is 47.9 Å². The predicted octanol–water partition coefficient (Wildman–Crippen LogP) is 2.79. The lowest BCUT2D eigenvalue weighted by Crippen LogP contribution is -2.63. The Morgan fingerprint density at radius 3 is 1.00 bits per heavy atom. The zero-order valence-electron chi connectivity index (χ0n) is 53.0. The number of hydrogen-bond donors (Lipinski definition) is 10. The number of carbonyl (C=O) groups is 10. The van der Waals surface area contributed by atoms with Gasteiger partial charge in [-0.1, -0.05) is 144 Å². The van der Waals surface area contributed by atoms with Crippen molar-refractivity contribution >= 4 is 59.1 Å². The van der Waals surface area contributed by atoms with Crippen molar-refractivity contribution in [3.63, 3.8) is 0 Å². The van der Waals surface area contributed by atoms with E-state index in [1.165, 1.54) is 9.80 Å². The maximum Gasteiger partial charge on any atom is 0.246 e. The summed E-state index contributed by atoms with van der Waals surface area (Å²) in [5.74, 6) is -6.57. The molecule has 476 valence electrons. The summed E-state index contributed by atoms with van der Waals surface area (Å²) in [4.78, 5) is 151. The molecule has 0 aromatic heterocycles. The van der Waals surface area contributed by atoms with Crippen LogP contribution in [0.25, 0.3) is 0 Å². The minimum Gasteiger partial charge on any atom is -0.343 e. The summed E-state index contributed by atoms with van der Waals surface area (Å²) in [5.41, 5.74) is 10.3. The lowest BCUT2D eigenvalue weighted by Gasteiger charge is -2.36. The Labute approximate surface area is 509 Å². The van der Waals surface area contributed by atoms with Crippen LogP contribution in [0.1, 0.15) is 158 Å². The number of nitrogens with zero attached hydrogens (tertiary/aromatic N) is 2. The Bertz CT molecular complexity index is 2500. The fraction of sp³-hybridized carbons (Fsp3) is 0.656. The van der Waals surface area contributed by atoms with Crippen LogP contribution in [0.2, 0.25) is 0 Å². The largest absolute Gasteiger partial charge is 0.343 e. The Kier molecular flexibility index (Phi) is 24.9. The summed E-state index contributed by atoms with van der Waals surface area (Å²) in [6.45, 7) is 22.4. The molecule has 86 heavy (non-hydrogen) atoms. The summed E-state index contributed by atoms with van der Waals surface area (Å²) < 4.78 is 0. The molecule has 5 rings (SSSR count). The molecule has 2 aromatic carbocycles. The van der Waals surface area contributed by atoms with Gasteiger partial charge in [-0.05, 0) is 110 Å². The van der Waals surface area contributed by atoms with Crippen LogP contribution in [-0.4, -0.2) is 155 Å². The van der Waals surface area contributed by atoms with Crippen LogP contribution in [0.15, 0.2) is 60.7 Å². The maximum atomic E-state index is 15.1. The van der Waals surface area contributed by atoms with E-state index in [1.54, 1.807) is 90.1 Å². The van der Waals surface area contributed by atoms with Crippen LogP contribution >= 0.6 is 0 Å². The van der Waals surface area contributed by atoms with E-state index in [0.717, 1.165) is 0 Å². The molecular formula is C64H100N12O10. The molecule has 0 radical (unpaired) electrons. The molecule has 2 aromatic rings. The van der Waals surface area contributed by atoms with Crippen molar-refractivity contribution in [2.75, 3.05) is 26.2 Å². The van der Waals surface area contributed by atoms with E-state index in [9.17, 15) is 38.4 Å². The lowest BCUT2D eigenvalue weighted by atomic mass is 9.85. The molecule has 22 nitrogen and oxygen atoms in total. The highest BCUT2D eigenvalue weighted by atomic mass is 16.2. The molecule has 0 saturated carbocycles. The minimum absolute atomic E-state index is 0.0140. The van der Waals surface area contributed by atoms with Crippen LogP contribution in [0.3, 0.4) is 0 Å². The van der Waals surface area contributed by atoms with Crippen molar-refractivity contribution in [1.82, 2.24) is 52.3 Å². The molecule has 0 unspecified atom stereocenters. The quantitative estimate of drug-likeness (QED) is 0.147. The third-order valence-corrected chi connectivity index (χ3v) is 15.9. The topological polar surface area (TPSA) is 325 Å². The van der Waals surface area contributed by atoms with Crippen molar-refractivity contribution in [2.24, 2.45) is 33.1 Å². The molecule has 10 amide bonds.